The summed E-state index contributed by atoms with van der Waals surface area (Å²) in [5, 5.41) is 0.822. The van der Waals surface area contributed by atoms with Crippen LogP contribution in [0.5, 0.6) is 0 Å². The number of ketones is 1. The fraction of sp³-hybridized carbons (Fsp3) is 0.185. The zero-order valence-electron chi connectivity index (χ0n) is 19.6. The van der Waals surface area contributed by atoms with Crippen LogP contribution in [0.4, 0.5) is 4.39 Å². The molecule has 0 radical (unpaired) electrons. The van der Waals surface area contributed by atoms with E-state index in [4.69, 9.17) is 0 Å². The van der Waals surface area contributed by atoms with E-state index in [0.717, 1.165) is 16.5 Å². The van der Waals surface area contributed by atoms with Crippen molar-refractivity contribution in [1.82, 2.24) is 9.29 Å². The van der Waals surface area contributed by atoms with Crippen molar-refractivity contribution in [2.75, 3.05) is 0 Å². The Morgan fingerprint density at radius 2 is 1.69 bits per heavy atom. The van der Waals surface area contributed by atoms with E-state index in [0.29, 0.717) is 11.1 Å². The first kappa shape index (κ1) is 24.5. The third-order valence-electron chi connectivity index (χ3n) is 5.89. The number of sulfonamides is 1. The van der Waals surface area contributed by atoms with E-state index in [1.807, 2.05) is 26.0 Å². The molecule has 0 saturated carbocycles. The molecule has 0 aliphatic heterocycles. The van der Waals surface area contributed by atoms with Crippen LogP contribution in [-0.2, 0) is 23.1 Å². The molecule has 6 nitrogen and oxygen atoms in total. The molecule has 1 N–H and O–H groups in total. The SMILES string of the molecule is CC(=O)c1cccc(S(=O)(=O)N(Cc2ccc(F)cc2)Cc2cc3c(C)cc(C)cc3[nH]c2=O)c1. The maximum atomic E-state index is 13.7. The maximum Gasteiger partial charge on any atom is 0.252 e. The lowest BCUT2D eigenvalue weighted by molar-refractivity contribution is 0.101. The molecule has 4 aromatic rings. The van der Waals surface area contributed by atoms with Crippen molar-refractivity contribution in [2.24, 2.45) is 0 Å². The van der Waals surface area contributed by atoms with E-state index in [1.165, 1.54) is 53.7 Å². The van der Waals surface area contributed by atoms with Crippen LogP contribution in [0.25, 0.3) is 10.9 Å². The van der Waals surface area contributed by atoms with Crippen LogP contribution >= 0.6 is 0 Å². The summed E-state index contributed by atoms with van der Waals surface area (Å²) in [6, 6.07) is 16.9. The highest BCUT2D eigenvalue weighted by molar-refractivity contribution is 7.89. The first-order valence-electron chi connectivity index (χ1n) is 11.0. The molecule has 1 heterocycles. The van der Waals surface area contributed by atoms with Gasteiger partial charge in [-0.05, 0) is 73.9 Å². The Bertz CT molecular complexity index is 1590. The molecule has 3 aromatic carbocycles. The average molecular weight is 493 g/mol. The number of carbonyl (C=O) groups excluding carboxylic acids is 1. The topological polar surface area (TPSA) is 87.3 Å². The largest absolute Gasteiger partial charge is 0.322 e. The van der Waals surface area contributed by atoms with Crippen LogP contribution in [0.3, 0.4) is 0 Å². The Labute approximate surface area is 203 Å². The van der Waals surface area contributed by atoms with Gasteiger partial charge in [-0.15, -0.1) is 0 Å². The monoisotopic (exact) mass is 492 g/mol. The van der Waals surface area contributed by atoms with E-state index in [1.54, 1.807) is 12.1 Å². The smallest absolute Gasteiger partial charge is 0.252 e. The summed E-state index contributed by atoms with van der Waals surface area (Å²) < 4.78 is 42.0. The second-order valence-corrected chi connectivity index (χ2v) is 10.6. The van der Waals surface area contributed by atoms with E-state index >= 15 is 0 Å². The highest BCUT2D eigenvalue weighted by Gasteiger charge is 2.27. The summed E-state index contributed by atoms with van der Waals surface area (Å²) >= 11 is 0. The Kier molecular flexibility index (Phi) is 6.69. The first-order chi connectivity index (χ1) is 16.5. The van der Waals surface area contributed by atoms with Crippen LogP contribution in [0.15, 0.2) is 76.4 Å². The normalized spacial score (nSPS) is 11.8. The summed E-state index contributed by atoms with van der Waals surface area (Å²) in [5.41, 5.74) is 3.35. The quantitative estimate of drug-likeness (QED) is 0.373. The fourth-order valence-corrected chi connectivity index (χ4v) is 5.52. The van der Waals surface area contributed by atoms with E-state index in [9.17, 15) is 22.4 Å². The van der Waals surface area contributed by atoms with Gasteiger partial charge in [-0.1, -0.05) is 30.3 Å². The number of aromatic nitrogens is 1. The number of rotatable bonds is 7. The van der Waals surface area contributed by atoms with Crippen molar-refractivity contribution in [3.8, 4) is 0 Å². The Hall–Kier alpha value is -3.62. The van der Waals surface area contributed by atoms with E-state index < -0.39 is 15.8 Å². The third-order valence-corrected chi connectivity index (χ3v) is 7.67. The molecule has 0 saturated heterocycles. The zero-order valence-corrected chi connectivity index (χ0v) is 20.4. The van der Waals surface area contributed by atoms with Gasteiger partial charge in [0.2, 0.25) is 10.0 Å². The standard InChI is InChI=1S/C27H25FN2O4S/c1-17-11-18(2)25-14-22(27(32)29-26(25)12-17)16-30(15-20-7-9-23(28)10-8-20)35(33,34)24-6-4-5-21(13-24)19(3)31/h4-14H,15-16H2,1-3H3,(H,29,32). The molecule has 180 valence electrons. The number of nitrogens with one attached hydrogen (secondary N) is 1. The minimum absolute atomic E-state index is 0.0589. The molecule has 0 bridgehead atoms. The molecule has 1 aromatic heterocycles. The Balaban J connectivity index is 1.81. The summed E-state index contributed by atoms with van der Waals surface area (Å²) in [5.74, 6) is -0.696. The lowest BCUT2D eigenvalue weighted by atomic mass is 10.0. The van der Waals surface area contributed by atoms with Crippen LogP contribution in [0, 0.1) is 19.7 Å². The van der Waals surface area contributed by atoms with Gasteiger partial charge >= 0.3 is 0 Å². The Morgan fingerprint density at radius 3 is 2.37 bits per heavy atom. The minimum atomic E-state index is -4.12. The number of hydrogen-bond acceptors (Lipinski definition) is 4. The number of carbonyl (C=O) groups is 1. The fourth-order valence-electron chi connectivity index (χ4n) is 4.07. The number of nitrogens with zero attached hydrogens (tertiary/aromatic N) is 1. The van der Waals surface area contributed by atoms with Crippen LogP contribution in [0.1, 0.15) is 39.5 Å². The van der Waals surface area contributed by atoms with Crippen molar-refractivity contribution in [1.29, 1.82) is 0 Å². The first-order valence-corrected chi connectivity index (χ1v) is 12.5. The van der Waals surface area contributed by atoms with Gasteiger partial charge < -0.3 is 4.98 Å². The number of H-pyrrole nitrogens is 1. The molecule has 0 unspecified atom stereocenters. The molecule has 0 aliphatic carbocycles. The molecule has 0 atom stereocenters. The van der Waals surface area contributed by atoms with Crippen molar-refractivity contribution in [3.63, 3.8) is 0 Å². The zero-order chi connectivity index (χ0) is 25.3. The van der Waals surface area contributed by atoms with Gasteiger partial charge in [0.05, 0.1) is 4.90 Å². The van der Waals surface area contributed by atoms with Crippen LogP contribution in [0.2, 0.25) is 0 Å². The van der Waals surface area contributed by atoms with Gasteiger partial charge in [0.25, 0.3) is 5.56 Å². The van der Waals surface area contributed by atoms with E-state index in [-0.39, 0.29) is 40.5 Å². The lowest BCUT2D eigenvalue weighted by Crippen LogP contribution is -2.32. The number of Topliss-reactive ketones (excluding diaryl/α,β-unsaturated/α-hetero) is 1. The summed E-state index contributed by atoms with van der Waals surface area (Å²) in [6.45, 7) is 4.93. The van der Waals surface area contributed by atoms with Crippen molar-refractivity contribution in [2.45, 2.75) is 38.8 Å². The van der Waals surface area contributed by atoms with Gasteiger partial charge in [0, 0.05) is 35.1 Å². The highest BCUT2D eigenvalue weighted by Crippen LogP contribution is 2.24. The summed E-state index contributed by atoms with van der Waals surface area (Å²) in [7, 11) is -4.12. The minimum Gasteiger partial charge on any atom is -0.322 e. The van der Waals surface area contributed by atoms with Crippen molar-refractivity contribution in [3.05, 3.63) is 111 Å². The molecular weight excluding hydrogens is 467 g/mol. The number of pyridine rings is 1. The molecule has 4 rings (SSSR count). The molecule has 0 amide bonds. The van der Waals surface area contributed by atoms with Gasteiger partial charge in [0.15, 0.2) is 5.78 Å². The van der Waals surface area contributed by atoms with Crippen LogP contribution in [-0.4, -0.2) is 23.5 Å². The number of aryl methyl sites for hydroxylation is 2. The van der Waals surface area contributed by atoms with Crippen LogP contribution < -0.4 is 5.56 Å². The number of halogens is 1. The molecule has 8 heteroatoms. The van der Waals surface area contributed by atoms with Gasteiger partial charge in [-0.25, -0.2) is 12.8 Å². The third kappa shape index (κ3) is 5.23. The molecule has 35 heavy (non-hydrogen) atoms. The molecular formula is C27H25FN2O4S. The predicted octanol–water partition coefficient (Wildman–Crippen LogP) is 4.88. The molecule has 0 fully saturated rings. The van der Waals surface area contributed by atoms with E-state index in [2.05, 4.69) is 4.98 Å². The number of hydrogen-bond donors (Lipinski definition) is 1. The predicted molar refractivity (Wildman–Crippen MR) is 133 cm³/mol. The van der Waals surface area contributed by atoms with Crippen molar-refractivity contribution >= 4 is 26.7 Å². The maximum absolute atomic E-state index is 13.7. The van der Waals surface area contributed by atoms with Gasteiger partial charge in [0.1, 0.15) is 5.82 Å². The van der Waals surface area contributed by atoms with Gasteiger partial charge in [-0.3, -0.25) is 9.59 Å². The average Bonchev–Trinajstić information content (AvgIpc) is 2.80. The second kappa shape index (κ2) is 9.56. The summed E-state index contributed by atoms with van der Waals surface area (Å²) in [6.07, 6.45) is 0. The number of aromatic amines is 1. The molecule has 0 spiro atoms. The number of fused-ring (bicyclic) bond motifs is 1. The number of benzene rings is 3. The Morgan fingerprint density at radius 1 is 0.971 bits per heavy atom. The second-order valence-electron chi connectivity index (χ2n) is 8.65. The lowest BCUT2D eigenvalue weighted by Gasteiger charge is -2.23. The van der Waals surface area contributed by atoms with Gasteiger partial charge in [-0.2, -0.15) is 4.31 Å². The summed E-state index contributed by atoms with van der Waals surface area (Å²) in [4.78, 5) is 27.6. The molecule has 0 aliphatic rings. The van der Waals surface area contributed by atoms with Crippen molar-refractivity contribution < 1.29 is 17.6 Å². The highest BCUT2D eigenvalue weighted by atomic mass is 32.2.